The third-order valence-electron chi connectivity index (χ3n) is 5.18. The van der Waals surface area contributed by atoms with Gasteiger partial charge in [0.2, 0.25) is 0 Å². The van der Waals surface area contributed by atoms with Gasteiger partial charge in [-0.2, -0.15) is 0 Å². The fourth-order valence-electron chi connectivity index (χ4n) is 3.48. The highest BCUT2D eigenvalue weighted by atomic mass is 32.1. The lowest BCUT2D eigenvalue weighted by atomic mass is 10.0. The van der Waals surface area contributed by atoms with E-state index in [1.807, 2.05) is 42.5 Å². The van der Waals surface area contributed by atoms with E-state index in [9.17, 15) is 4.79 Å². The summed E-state index contributed by atoms with van der Waals surface area (Å²) in [6.45, 7) is 6.39. The van der Waals surface area contributed by atoms with Crippen LogP contribution in [0.2, 0.25) is 0 Å². The van der Waals surface area contributed by atoms with Crippen LogP contribution in [0.15, 0.2) is 54.6 Å². The van der Waals surface area contributed by atoms with Gasteiger partial charge in [-0.15, -0.1) is 11.3 Å². The zero-order chi connectivity index (χ0) is 19.5. The number of fused-ring (bicyclic) bond motifs is 1. The summed E-state index contributed by atoms with van der Waals surface area (Å²) in [5.74, 6) is -0.0990. The Kier molecular flexibility index (Phi) is 5.55. The number of carbonyl (C=O) groups is 1. The second-order valence-electron chi connectivity index (χ2n) is 7.52. The molecule has 0 bridgehead atoms. The Morgan fingerprint density at radius 3 is 2.54 bits per heavy atom. The van der Waals surface area contributed by atoms with E-state index in [0.717, 1.165) is 31.6 Å². The average molecular weight is 392 g/mol. The minimum atomic E-state index is -0.0990. The predicted octanol–water partition coefficient (Wildman–Crippen LogP) is 4.75. The highest BCUT2D eigenvalue weighted by Crippen LogP contribution is 2.29. The molecule has 1 aliphatic heterocycles. The van der Waals surface area contributed by atoms with Crippen LogP contribution >= 0.6 is 11.3 Å². The van der Waals surface area contributed by atoms with Gasteiger partial charge < -0.3 is 0 Å². The second-order valence-corrected chi connectivity index (χ2v) is 8.60. The molecular weight excluding hydrogens is 366 g/mol. The molecule has 1 amide bonds. The first-order valence-electron chi connectivity index (χ1n) is 9.75. The fourth-order valence-corrected chi connectivity index (χ4v) is 4.51. The van der Waals surface area contributed by atoms with E-state index in [2.05, 4.69) is 41.2 Å². The summed E-state index contributed by atoms with van der Waals surface area (Å²) in [4.78, 5) is 21.0. The summed E-state index contributed by atoms with van der Waals surface area (Å²) >= 11 is 1.60. The summed E-state index contributed by atoms with van der Waals surface area (Å²) in [6.07, 6.45) is 1.82. The number of hydrogen-bond donors (Lipinski definition) is 1. The van der Waals surface area contributed by atoms with Gasteiger partial charge in [0.05, 0.1) is 5.69 Å². The number of nitrogens with one attached hydrogen (secondary N) is 1. The van der Waals surface area contributed by atoms with Crippen molar-refractivity contribution < 1.29 is 4.79 Å². The molecule has 28 heavy (non-hydrogen) atoms. The van der Waals surface area contributed by atoms with Crippen LogP contribution in [-0.2, 0) is 19.4 Å². The number of anilines is 1. The maximum Gasteiger partial charge on any atom is 0.257 e. The zero-order valence-electron chi connectivity index (χ0n) is 16.3. The molecule has 1 N–H and O–H groups in total. The van der Waals surface area contributed by atoms with Gasteiger partial charge in [0.1, 0.15) is 0 Å². The standard InChI is InChI=1S/C23H25N3OS/c1-16(2)26-13-12-20-21(15-26)28-23(24-20)25-22(27)19-10-8-18(9-11-19)14-17-6-4-3-5-7-17/h3-11,16H,12-15H2,1-2H3,(H,24,25,27). The molecule has 0 atom stereocenters. The largest absolute Gasteiger partial charge is 0.298 e. The van der Waals surface area contributed by atoms with E-state index < -0.39 is 0 Å². The molecule has 144 valence electrons. The lowest BCUT2D eigenvalue weighted by Crippen LogP contribution is -2.35. The van der Waals surface area contributed by atoms with E-state index in [1.165, 1.54) is 16.0 Å². The lowest BCUT2D eigenvalue weighted by molar-refractivity contribution is 0.102. The number of thiazole rings is 1. The Morgan fingerprint density at radius 1 is 1.11 bits per heavy atom. The minimum absolute atomic E-state index is 0.0990. The van der Waals surface area contributed by atoms with Gasteiger partial charge in [-0.3, -0.25) is 15.0 Å². The molecule has 2 heterocycles. The van der Waals surface area contributed by atoms with Crippen LogP contribution in [0.5, 0.6) is 0 Å². The van der Waals surface area contributed by atoms with Crippen molar-refractivity contribution in [3.05, 3.63) is 81.9 Å². The van der Waals surface area contributed by atoms with Gasteiger partial charge in [-0.05, 0) is 43.5 Å². The Balaban J connectivity index is 1.40. The molecule has 4 nitrogen and oxygen atoms in total. The number of nitrogens with zero attached hydrogens (tertiary/aromatic N) is 2. The molecule has 0 saturated heterocycles. The van der Waals surface area contributed by atoms with E-state index in [4.69, 9.17) is 0 Å². The van der Waals surface area contributed by atoms with Crippen molar-refractivity contribution in [1.82, 2.24) is 9.88 Å². The highest BCUT2D eigenvalue weighted by Gasteiger charge is 2.22. The van der Waals surface area contributed by atoms with Crippen molar-refractivity contribution in [2.75, 3.05) is 11.9 Å². The Bertz CT molecular complexity index is 948. The molecule has 4 rings (SSSR count). The number of carbonyl (C=O) groups excluding carboxylic acids is 1. The van der Waals surface area contributed by atoms with Gasteiger partial charge in [0.25, 0.3) is 5.91 Å². The first-order valence-corrected chi connectivity index (χ1v) is 10.6. The second kappa shape index (κ2) is 8.25. The van der Waals surface area contributed by atoms with Crippen LogP contribution in [0.4, 0.5) is 5.13 Å². The molecule has 0 spiro atoms. The van der Waals surface area contributed by atoms with Crippen molar-refractivity contribution in [3.8, 4) is 0 Å². The monoisotopic (exact) mass is 391 g/mol. The topological polar surface area (TPSA) is 45.2 Å². The fraction of sp³-hybridized carbons (Fsp3) is 0.304. The summed E-state index contributed by atoms with van der Waals surface area (Å²) in [5.41, 5.74) is 4.26. The third-order valence-corrected chi connectivity index (χ3v) is 6.18. The lowest BCUT2D eigenvalue weighted by Gasteiger charge is -2.29. The summed E-state index contributed by atoms with van der Waals surface area (Å²) < 4.78 is 0. The highest BCUT2D eigenvalue weighted by molar-refractivity contribution is 7.15. The molecule has 0 saturated carbocycles. The molecular formula is C23H25N3OS. The Morgan fingerprint density at radius 2 is 1.82 bits per heavy atom. The molecule has 1 aliphatic rings. The van der Waals surface area contributed by atoms with Gasteiger partial charge >= 0.3 is 0 Å². The smallest absolute Gasteiger partial charge is 0.257 e. The third kappa shape index (κ3) is 4.32. The molecule has 0 radical (unpaired) electrons. The van der Waals surface area contributed by atoms with Crippen LogP contribution in [0.3, 0.4) is 0 Å². The van der Waals surface area contributed by atoms with Crippen molar-refractivity contribution in [1.29, 1.82) is 0 Å². The van der Waals surface area contributed by atoms with Crippen molar-refractivity contribution in [2.45, 2.75) is 39.3 Å². The van der Waals surface area contributed by atoms with E-state index >= 15 is 0 Å². The van der Waals surface area contributed by atoms with Crippen LogP contribution in [0, 0.1) is 0 Å². The number of aromatic nitrogens is 1. The number of hydrogen-bond acceptors (Lipinski definition) is 4. The minimum Gasteiger partial charge on any atom is -0.298 e. The quantitative estimate of drug-likeness (QED) is 0.682. The van der Waals surface area contributed by atoms with Gasteiger partial charge in [0.15, 0.2) is 5.13 Å². The van der Waals surface area contributed by atoms with Crippen molar-refractivity contribution >= 4 is 22.4 Å². The Labute approximate surface area is 170 Å². The van der Waals surface area contributed by atoms with E-state index in [0.29, 0.717) is 16.7 Å². The molecule has 2 aromatic carbocycles. The molecule has 5 heteroatoms. The van der Waals surface area contributed by atoms with Crippen LogP contribution in [-0.4, -0.2) is 28.4 Å². The summed E-state index contributed by atoms with van der Waals surface area (Å²) in [6, 6.07) is 18.7. The zero-order valence-corrected chi connectivity index (χ0v) is 17.1. The van der Waals surface area contributed by atoms with Crippen molar-refractivity contribution in [2.24, 2.45) is 0 Å². The number of amides is 1. The number of benzene rings is 2. The number of rotatable bonds is 5. The predicted molar refractivity (Wildman–Crippen MR) is 115 cm³/mol. The van der Waals surface area contributed by atoms with Crippen molar-refractivity contribution in [3.63, 3.8) is 0 Å². The first-order chi connectivity index (χ1) is 13.6. The average Bonchev–Trinajstić information content (AvgIpc) is 3.10. The molecule has 3 aromatic rings. The van der Waals surface area contributed by atoms with Crippen LogP contribution in [0.25, 0.3) is 0 Å². The molecule has 0 unspecified atom stereocenters. The normalized spacial score (nSPS) is 14.1. The molecule has 0 aliphatic carbocycles. The summed E-state index contributed by atoms with van der Waals surface area (Å²) in [5, 5.41) is 3.68. The van der Waals surface area contributed by atoms with Gasteiger partial charge in [-0.1, -0.05) is 42.5 Å². The maximum absolute atomic E-state index is 12.6. The first kappa shape index (κ1) is 18.8. The van der Waals surface area contributed by atoms with Crippen LogP contribution in [0.1, 0.15) is 45.9 Å². The summed E-state index contributed by atoms with van der Waals surface area (Å²) in [7, 11) is 0. The molecule has 0 fully saturated rings. The van der Waals surface area contributed by atoms with Crippen LogP contribution < -0.4 is 5.32 Å². The van der Waals surface area contributed by atoms with Gasteiger partial charge in [-0.25, -0.2) is 4.98 Å². The van der Waals surface area contributed by atoms with E-state index in [-0.39, 0.29) is 5.91 Å². The van der Waals surface area contributed by atoms with Gasteiger partial charge in [0, 0.05) is 36.0 Å². The van der Waals surface area contributed by atoms with E-state index in [1.54, 1.807) is 11.3 Å². The molecule has 1 aromatic heterocycles. The SMILES string of the molecule is CC(C)N1CCc2nc(NC(=O)c3ccc(Cc4ccccc4)cc3)sc2C1. The maximum atomic E-state index is 12.6. The Hall–Kier alpha value is -2.50.